The molecule has 0 saturated heterocycles. The van der Waals surface area contributed by atoms with Crippen molar-refractivity contribution < 1.29 is 14.6 Å². The van der Waals surface area contributed by atoms with Crippen LogP contribution >= 0.6 is 27.5 Å². The van der Waals surface area contributed by atoms with Crippen LogP contribution in [-0.4, -0.2) is 22.7 Å². The molecule has 1 aromatic heterocycles. The Balaban J connectivity index is 1.97. The molecule has 2 aromatic carbocycles. The quantitative estimate of drug-likeness (QED) is 0.477. The second-order valence-electron chi connectivity index (χ2n) is 7.15. The molecule has 1 saturated carbocycles. The smallest absolute Gasteiger partial charge is 0.337 e. The number of aromatic nitrogens is 1. The summed E-state index contributed by atoms with van der Waals surface area (Å²) in [6.45, 7) is 2.29. The van der Waals surface area contributed by atoms with Gasteiger partial charge in [0.2, 0.25) is 0 Å². The number of hydrogen-bond acceptors (Lipinski definition) is 3. The predicted molar refractivity (Wildman–Crippen MR) is 114 cm³/mol. The number of benzene rings is 2. The molecule has 0 aliphatic heterocycles. The van der Waals surface area contributed by atoms with Gasteiger partial charge in [0.1, 0.15) is 0 Å². The summed E-state index contributed by atoms with van der Waals surface area (Å²) in [5.41, 5.74) is 3.77. The Bertz CT molecular complexity index is 1050. The predicted octanol–water partition coefficient (Wildman–Crippen LogP) is 6.18. The summed E-state index contributed by atoms with van der Waals surface area (Å²) in [5.74, 6) is -0.543. The van der Waals surface area contributed by atoms with Gasteiger partial charge in [-0.25, -0.2) is 4.79 Å². The minimum atomic E-state index is -1.07. The first-order valence-corrected chi connectivity index (χ1v) is 10.3. The number of aryl methyl sites for hydroxylation is 1. The molecule has 0 spiro atoms. The van der Waals surface area contributed by atoms with Crippen molar-refractivity contribution in [3.8, 4) is 11.1 Å². The summed E-state index contributed by atoms with van der Waals surface area (Å²) < 4.78 is 6.78. The number of halogens is 2. The summed E-state index contributed by atoms with van der Waals surface area (Å²) in [5, 5.41) is 11.4. The van der Waals surface area contributed by atoms with Crippen molar-refractivity contribution in [3.63, 3.8) is 0 Å². The van der Waals surface area contributed by atoms with Gasteiger partial charge in [0, 0.05) is 26.1 Å². The molecule has 1 atom stereocenters. The fourth-order valence-electron chi connectivity index (χ4n) is 3.42. The standard InChI is InChI=1S/C22H19BrClNO3/c1-12-19(21(22(26)27)28-11-13-2-3-13)20(14-4-7-16(24)8-5-14)17-10-15(23)6-9-18(17)25-12/h4-10,13,21H,2-3,11H2,1H3,(H,26,27). The lowest BCUT2D eigenvalue weighted by molar-refractivity contribution is -0.151. The van der Waals surface area contributed by atoms with Crippen molar-refractivity contribution in [2.24, 2.45) is 5.92 Å². The van der Waals surface area contributed by atoms with E-state index in [9.17, 15) is 9.90 Å². The fraction of sp³-hybridized carbons (Fsp3) is 0.273. The van der Waals surface area contributed by atoms with Crippen LogP contribution in [0.25, 0.3) is 22.0 Å². The van der Waals surface area contributed by atoms with E-state index in [-0.39, 0.29) is 0 Å². The minimum Gasteiger partial charge on any atom is -0.479 e. The molecular weight excluding hydrogens is 442 g/mol. The molecule has 0 radical (unpaired) electrons. The van der Waals surface area contributed by atoms with Crippen molar-refractivity contribution in [2.45, 2.75) is 25.9 Å². The molecule has 1 fully saturated rings. The average Bonchev–Trinajstić information content (AvgIpc) is 3.47. The fourth-order valence-corrected chi connectivity index (χ4v) is 3.90. The topological polar surface area (TPSA) is 59.4 Å². The molecule has 4 nitrogen and oxygen atoms in total. The van der Waals surface area contributed by atoms with E-state index in [4.69, 9.17) is 16.3 Å². The van der Waals surface area contributed by atoms with E-state index in [1.807, 2.05) is 37.3 Å². The number of ether oxygens (including phenoxy) is 1. The second-order valence-corrected chi connectivity index (χ2v) is 8.50. The molecule has 1 heterocycles. The molecule has 1 unspecified atom stereocenters. The molecule has 1 aliphatic carbocycles. The van der Waals surface area contributed by atoms with Crippen LogP contribution in [0.4, 0.5) is 0 Å². The maximum atomic E-state index is 12.1. The zero-order chi connectivity index (χ0) is 19.8. The van der Waals surface area contributed by atoms with E-state index >= 15 is 0 Å². The van der Waals surface area contributed by atoms with Gasteiger partial charge in [-0.15, -0.1) is 0 Å². The number of fused-ring (bicyclic) bond motifs is 1. The highest BCUT2D eigenvalue weighted by atomic mass is 79.9. The van der Waals surface area contributed by atoms with Crippen LogP contribution < -0.4 is 0 Å². The van der Waals surface area contributed by atoms with Crippen LogP contribution in [0, 0.1) is 12.8 Å². The maximum absolute atomic E-state index is 12.1. The average molecular weight is 461 g/mol. The van der Waals surface area contributed by atoms with Crippen LogP contribution in [0.3, 0.4) is 0 Å². The molecule has 1 aliphatic rings. The van der Waals surface area contributed by atoms with Crippen molar-refractivity contribution in [1.29, 1.82) is 0 Å². The highest BCUT2D eigenvalue weighted by Gasteiger charge is 2.31. The number of nitrogens with zero attached hydrogens (tertiary/aromatic N) is 1. The van der Waals surface area contributed by atoms with Crippen LogP contribution in [0.1, 0.15) is 30.2 Å². The lowest BCUT2D eigenvalue weighted by atomic mass is 9.91. The highest BCUT2D eigenvalue weighted by molar-refractivity contribution is 9.10. The Morgan fingerprint density at radius 3 is 2.64 bits per heavy atom. The minimum absolute atomic E-state index is 0.451. The summed E-state index contributed by atoms with van der Waals surface area (Å²) in [6.07, 6.45) is 1.12. The Hall–Kier alpha value is -1.95. The number of pyridine rings is 1. The third-order valence-electron chi connectivity index (χ3n) is 4.99. The van der Waals surface area contributed by atoms with Crippen molar-refractivity contribution >= 4 is 44.4 Å². The summed E-state index contributed by atoms with van der Waals surface area (Å²) >= 11 is 9.60. The Kier molecular flexibility index (Phi) is 5.41. The van der Waals surface area contributed by atoms with Gasteiger partial charge in [0.25, 0.3) is 0 Å². The molecule has 6 heteroatoms. The SMILES string of the molecule is Cc1nc2ccc(Br)cc2c(-c2ccc(Cl)cc2)c1C(OCC1CC1)C(=O)O. The first-order chi connectivity index (χ1) is 13.4. The number of carboxylic acids is 1. The Morgan fingerprint density at radius 2 is 2.00 bits per heavy atom. The van der Waals surface area contributed by atoms with E-state index < -0.39 is 12.1 Å². The van der Waals surface area contributed by atoms with E-state index in [1.165, 1.54) is 0 Å². The van der Waals surface area contributed by atoms with Gasteiger partial charge in [-0.1, -0.05) is 39.7 Å². The van der Waals surface area contributed by atoms with Gasteiger partial charge < -0.3 is 9.84 Å². The molecule has 4 rings (SSSR count). The maximum Gasteiger partial charge on any atom is 0.337 e. The van der Waals surface area contributed by atoms with E-state index in [0.29, 0.717) is 28.8 Å². The first-order valence-electron chi connectivity index (χ1n) is 9.14. The molecule has 0 bridgehead atoms. The second kappa shape index (κ2) is 7.82. The molecule has 1 N–H and O–H groups in total. The molecule has 28 heavy (non-hydrogen) atoms. The number of carbonyl (C=O) groups is 1. The van der Waals surface area contributed by atoms with Gasteiger partial charge in [-0.05, 0) is 67.1 Å². The number of carboxylic acid groups (broad SMARTS) is 1. The van der Waals surface area contributed by atoms with E-state index in [1.54, 1.807) is 12.1 Å². The Morgan fingerprint density at radius 1 is 1.29 bits per heavy atom. The lowest BCUT2D eigenvalue weighted by Crippen LogP contribution is -2.19. The van der Waals surface area contributed by atoms with E-state index in [2.05, 4.69) is 20.9 Å². The first kappa shape index (κ1) is 19.4. The summed E-state index contributed by atoms with van der Waals surface area (Å²) in [6, 6.07) is 13.2. The van der Waals surface area contributed by atoms with Crippen LogP contribution in [-0.2, 0) is 9.53 Å². The van der Waals surface area contributed by atoms with Crippen molar-refractivity contribution in [2.75, 3.05) is 6.61 Å². The molecule has 0 amide bonds. The van der Waals surface area contributed by atoms with Crippen molar-refractivity contribution in [3.05, 3.63) is 63.2 Å². The normalized spacial score (nSPS) is 15.0. The van der Waals surface area contributed by atoms with Gasteiger partial charge in [0.15, 0.2) is 6.10 Å². The summed E-state index contributed by atoms with van der Waals surface area (Å²) in [4.78, 5) is 16.8. The van der Waals surface area contributed by atoms with Crippen LogP contribution in [0.5, 0.6) is 0 Å². The molecule has 3 aromatic rings. The third kappa shape index (κ3) is 3.93. The lowest BCUT2D eigenvalue weighted by Gasteiger charge is -2.22. The van der Waals surface area contributed by atoms with Crippen LogP contribution in [0.2, 0.25) is 5.02 Å². The zero-order valence-electron chi connectivity index (χ0n) is 15.3. The largest absolute Gasteiger partial charge is 0.479 e. The monoisotopic (exact) mass is 459 g/mol. The molecular formula is C22H19BrClNO3. The molecule has 144 valence electrons. The van der Waals surface area contributed by atoms with Gasteiger partial charge in [0.05, 0.1) is 12.1 Å². The Labute approximate surface area is 176 Å². The van der Waals surface area contributed by atoms with Crippen LogP contribution in [0.15, 0.2) is 46.9 Å². The van der Waals surface area contributed by atoms with Gasteiger partial charge >= 0.3 is 5.97 Å². The number of aliphatic carboxylic acids is 1. The number of rotatable bonds is 6. The number of hydrogen-bond donors (Lipinski definition) is 1. The summed E-state index contributed by atoms with van der Waals surface area (Å²) in [7, 11) is 0. The van der Waals surface area contributed by atoms with Gasteiger partial charge in [-0.2, -0.15) is 0 Å². The van der Waals surface area contributed by atoms with Gasteiger partial charge in [-0.3, -0.25) is 4.98 Å². The van der Waals surface area contributed by atoms with E-state index in [0.717, 1.165) is 39.3 Å². The zero-order valence-corrected chi connectivity index (χ0v) is 17.6. The highest BCUT2D eigenvalue weighted by Crippen LogP contribution is 2.40. The third-order valence-corrected chi connectivity index (χ3v) is 5.74. The van der Waals surface area contributed by atoms with Crippen molar-refractivity contribution in [1.82, 2.24) is 4.98 Å².